The van der Waals surface area contributed by atoms with Crippen molar-refractivity contribution in [2.75, 3.05) is 0 Å². The van der Waals surface area contributed by atoms with E-state index in [4.69, 9.17) is 4.74 Å². The van der Waals surface area contributed by atoms with Crippen molar-refractivity contribution in [2.45, 2.75) is 63.3 Å². The molecule has 1 aliphatic heterocycles. The molecule has 1 fully saturated rings. The van der Waals surface area contributed by atoms with Crippen LogP contribution in [0.25, 0.3) is 16.6 Å². The lowest BCUT2D eigenvalue weighted by molar-refractivity contribution is 0.0917. The number of nitrogens with one attached hydrogen (secondary N) is 1. The summed E-state index contributed by atoms with van der Waals surface area (Å²) in [5.74, 6) is -0.297. The number of pyridine rings is 1. The second kappa shape index (κ2) is 8.90. The summed E-state index contributed by atoms with van der Waals surface area (Å²) in [4.78, 5) is 27.6. The fourth-order valence-corrected chi connectivity index (χ4v) is 6.13. The van der Waals surface area contributed by atoms with Crippen molar-refractivity contribution < 1.29 is 13.9 Å². The van der Waals surface area contributed by atoms with Crippen LogP contribution >= 0.6 is 11.8 Å². The Kier molecular flexibility index (Phi) is 6.03. The minimum atomic E-state index is -0.368. The first-order chi connectivity index (χ1) is 16.8. The van der Waals surface area contributed by atoms with Gasteiger partial charge in [-0.15, -0.1) is 11.8 Å². The van der Waals surface area contributed by atoms with Gasteiger partial charge in [0.15, 0.2) is 11.4 Å². The molecule has 1 N–H and O–H groups in total. The van der Waals surface area contributed by atoms with Crippen molar-refractivity contribution in [1.29, 1.82) is 0 Å². The number of ether oxygens (including phenoxy) is 1. The summed E-state index contributed by atoms with van der Waals surface area (Å²) in [6, 6.07) is 7.78. The molecule has 0 bridgehead atoms. The molecule has 0 spiro atoms. The molecule has 0 saturated heterocycles. The molecule has 0 radical (unpaired) electrons. The Hall–Kier alpha value is -3.00. The van der Waals surface area contributed by atoms with Crippen molar-refractivity contribution >= 4 is 28.6 Å². The Morgan fingerprint density at radius 3 is 2.57 bits per heavy atom. The highest BCUT2D eigenvalue weighted by Gasteiger charge is 2.51. The third-order valence-electron chi connectivity index (χ3n) is 6.87. The maximum Gasteiger partial charge on any atom is 0.272 e. The van der Waals surface area contributed by atoms with Crippen LogP contribution in [0.15, 0.2) is 46.6 Å². The first-order valence-electron chi connectivity index (χ1n) is 12.1. The number of aromatic nitrogens is 2. The average Bonchev–Trinajstić information content (AvgIpc) is 3.26. The Bertz CT molecular complexity index is 1380. The van der Waals surface area contributed by atoms with E-state index in [9.17, 15) is 14.0 Å². The van der Waals surface area contributed by atoms with Gasteiger partial charge >= 0.3 is 0 Å². The number of carbonyl (C=O) groups is 1. The van der Waals surface area contributed by atoms with E-state index in [-0.39, 0.29) is 28.9 Å². The summed E-state index contributed by atoms with van der Waals surface area (Å²) in [5, 5.41) is 6.08. The van der Waals surface area contributed by atoms with Gasteiger partial charge in [0.2, 0.25) is 0 Å². The van der Waals surface area contributed by atoms with Crippen molar-refractivity contribution in [1.82, 2.24) is 14.5 Å². The van der Waals surface area contributed by atoms with Gasteiger partial charge in [-0.1, -0.05) is 13.0 Å². The van der Waals surface area contributed by atoms with E-state index in [2.05, 4.69) is 16.8 Å². The van der Waals surface area contributed by atoms with Gasteiger partial charge in [0.05, 0.1) is 17.2 Å². The summed E-state index contributed by atoms with van der Waals surface area (Å²) < 4.78 is 23.1. The molecule has 184 valence electrons. The molecule has 2 aromatic heterocycles. The second-order valence-corrected chi connectivity index (χ2v) is 10.7. The quantitative estimate of drug-likeness (QED) is 0.495. The Balaban J connectivity index is 1.68. The van der Waals surface area contributed by atoms with Gasteiger partial charge in [-0.3, -0.25) is 14.2 Å². The SMILES string of the molecule is CCc1cc2c(c(OC(C)C)c(C(=O)NC3(C4CC=CS4)CC3)n2C)c(=O)n1-c1ccc(F)cc1. The number of allylic oxidation sites excluding steroid dienone is 1. The van der Waals surface area contributed by atoms with E-state index in [0.717, 1.165) is 25.0 Å². The highest BCUT2D eigenvalue weighted by Crippen LogP contribution is 2.48. The fourth-order valence-electron chi connectivity index (χ4n) is 4.94. The third kappa shape index (κ3) is 4.07. The molecule has 6 nitrogen and oxygen atoms in total. The Morgan fingerprint density at radius 1 is 1.29 bits per heavy atom. The molecule has 2 aliphatic rings. The summed E-state index contributed by atoms with van der Waals surface area (Å²) in [7, 11) is 1.80. The zero-order valence-corrected chi connectivity index (χ0v) is 21.2. The number of fused-ring (bicyclic) bond motifs is 1. The minimum absolute atomic E-state index is 0.223. The summed E-state index contributed by atoms with van der Waals surface area (Å²) in [6.45, 7) is 5.72. The Labute approximate surface area is 208 Å². The molecule has 1 aromatic carbocycles. The lowest BCUT2D eigenvalue weighted by Gasteiger charge is -2.24. The number of rotatable bonds is 7. The number of carbonyl (C=O) groups excluding carboxylic acids is 1. The van der Waals surface area contributed by atoms with Crippen molar-refractivity contribution in [3.63, 3.8) is 0 Å². The van der Waals surface area contributed by atoms with Gasteiger partial charge in [-0.2, -0.15) is 0 Å². The summed E-state index contributed by atoms with van der Waals surface area (Å²) >= 11 is 1.77. The topological polar surface area (TPSA) is 65.3 Å². The molecular weight excluding hydrogens is 465 g/mol. The second-order valence-electron chi connectivity index (χ2n) is 9.61. The number of hydrogen-bond acceptors (Lipinski definition) is 4. The molecule has 3 aromatic rings. The van der Waals surface area contributed by atoms with Gasteiger partial charge < -0.3 is 14.6 Å². The normalized spacial score (nSPS) is 18.4. The maximum absolute atomic E-state index is 13.9. The number of thioether (sulfide) groups is 1. The van der Waals surface area contributed by atoms with Crippen LogP contribution in [0.2, 0.25) is 0 Å². The lowest BCUT2D eigenvalue weighted by Crippen LogP contribution is -2.44. The number of nitrogens with zero attached hydrogens (tertiary/aromatic N) is 2. The zero-order chi connectivity index (χ0) is 24.9. The smallest absolute Gasteiger partial charge is 0.272 e. The monoisotopic (exact) mass is 495 g/mol. The van der Waals surface area contributed by atoms with Crippen LogP contribution in [0, 0.1) is 5.82 Å². The van der Waals surface area contributed by atoms with Gasteiger partial charge in [0.1, 0.15) is 11.2 Å². The molecular formula is C27H30FN3O3S. The number of halogens is 1. The third-order valence-corrected chi connectivity index (χ3v) is 8.20. The van der Waals surface area contributed by atoms with Gasteiger partial charge in [0.25, 0.3) is 11.5 Å². The fraction of sp³-hybridized carbons (Fsp3) is 0.407. The van der Waals surface area contributed by atoms with Crippen LogP contribution in [0.1, 0.15) is 56.2 Å². The molecule has 1 unspecified atom stereocenters. The number of aryl methyl sites for hydroxylation is 2. The van der Waals surface area contributed by atoms with E-state index >= 15 is 0 Å². The average molecular weight is 496 g/mol. The first kappa shape index (κ1) is 23.7. The van der Waals surface area contributed by atoms with Crippen LogP contribution in [-0.2, 0) is 13.5 Å². The van der Waals surface area contributed by atoms with E-state index in [0.29, 0.717) is 39.7 Å². The molecule has 35 heavy (non-hydrogen) atoms. The van der Waals surface area contributed by atoms with Crippen molar-refractivity contribution in [3.05, 3.63) is 69.4 Å². The van der Waals surface area contributed by atoms with Crippen LogP contribution in [0.4, 0.5) is 4.39 Å². The first-order valence-corrected chi connectivity index (χ1v) is 13.0. The number of hydrogen-bond donors (Lipinski definition) is 1. The number of amides is 1. The van der Waals surface area contributed by atoms with Crippen LogP contribution < -0.4 is 15.6 Å². The minimum Gasteiger partial charge on any atom is -0.488 e. The van der Waals surface area contributed by atoms with E-state index in [1.807, 2.05) is 26.8 Å². The van der Waals surface area contributed by atoms with E-state index < -0.39 is 0 Å². The largest absolute Gasteiger partial charge is 0.488 e. The Morgan fingerprint density at radius 2 is 2.00 bits per heavy atom. The van der Waals surface area contributed by atoms with Crippen molar-refractivity contribution in [3.8, 4) is 11.4 Å². The molecule has 1 saturated carbocycles. The van der Waals surface area contributed by atoms with Gasteiger partial charge in [0, 0.05) is 23.7 Å². The molecule has 3 heterocycles. The molecule has 1 atom stereocenters. The maximum atomic E-state index is 13.9. The highest BCUT2D eigenvalue weighted by atomic mass is 32.2. The van der Waals surface area contributed by atoms with E-state index in [1.54, 1.807) is 40.1 Å². The predicted octanol–water partition coefficient (Wildman–Crippen LogP) is 5.10. The lowest BCUT2D eigenvalue weighted by atomic mass is 10.1. The van der Waals surface area contributed by atoms with Crippen LogP contribution in [0.3, 0.4) is 0 Å². The molecule has 1 amide bonds. The summed E-state index contributed by atoms with van der Waals surface area (Å²) in [5.41, 5.74) is 1.83. The zero-order valence-electron chi connectivity index (χ0n) is 20.4. The van der Waals surface area contributed by atoms with Gasteiger partial charge in [-0.05, 0) is 75.3 Å². The predicted molar refractivity (Wildman–Crippen MR) is 138 cm³/mol. The van der Waals surface area contributed by atoms with Crippen LogP contribution in [-0.4, -0.2) is 31.9 Å². The van der Waals surface area contributed by atoms with Gasteiger partial charge in [-0.25, -0.2) is 4.39 Å². The van der Waals surface area contributed by atoms with Crippen LogP contribution in [0.5, 0.6) is 5.75 Å². The highest BCUT2D eigenvalue weighted by molar-refractivity contribution is 8.03. The standard InChI is InChI=1S/C27H30FN3O3S/c1-5-18-15-20-22(26(33)31(18)19-10-8-17(28)9-11-19)24(34-16(2)3)23(30(20)4)25(32)29-27(12-13-27)21-7-6-14-35-21/h6,8-11,14-16,21H,5,7,12-13H2,1-4H3,(H,29,32). The molecule has 1 aliphatic carbocycles. The van der Waals surface area contributed by atoms with E-state index in [1.165, 1.54) is 12.1 Å². The molecule has 5 rings (SSSR count). The van der Waals surface area contributed by atoms with Crippen molar-refractivity contribution in [2.24, 2.45) is 7.05 Å². The molecule has 8 heteroatoms. The number of benzene rings is 1. The summed E-state index contributed by atoms with van der Waals surface area (Å²) in [6.07, 6.45) is 5.33.